The Hall–Kier alpha value is -6.15. The number of rotatable bonds is 10. The number of carbonyl (C=O) groups excluding carboxylic acids is 3. The molecule has 314 valence electrons. The average molecular weight is 863 g/mol. The number of unbranched alkanes of at least 4 members (excludes halogenated alkanes) is 1. The van der Waals surface area contributed by atoms with Crippen molar-refractivity contribution in [1.29, 1.82) is 0 Å². The van der Waals surface area contributed by atoms with E-state index in [1.807, 2.05) is 24.3 Å². The quantitative estimate of drug-likeness (QED) is 0.117. The first-order valence-electron chi connectivity index (χ1n) is 22.2. The Bertz CT molecular complexity index is 2430. The van der Waals surface area contributed by atoms with Crippen LogP contribution >= 0.6 is 23.5 Å². The maximum Gasteiger partial charge on any atom is 0.334 e. The van der Waals surface area contributed by atoms with Crippen LogP contribution in [0.15, 0.2) is 203 Å². The van der Waals surface area contributed by atoms with Gasteiger partial charge in [0.05, 0.1) is 0 Å². The third kappa shape index (κ3) is 9.32. The molecular formula is C56H50N2O3S2. The van der Waals surface area contributed by atoms with Crippen molar-refractivity contribution < 1.29 is 14.4 Å². The van der Waals surface area contributed by atoms with Crippen LogP contribution in [0, 0.1) is 0 Å². The fourth-order valence-corrected chi connectivity index (χ4v) is 11.1. The van der Waals surface area contributed by atoms with Crippen LogP contribution in [0.1, 0.15) is 80.5 Å². The molecule has 4 aromatic carbocycles. The summed E-state index contributed by atoms with van der Waals surface area (Å²) in [6.45, 7) is 2.33. The third-order valence-electron chi connectivity index (χ3n) is 12.1. The van der Waals surface area contributed by atoms with Crippen molar-refractivity contribution in [3.63, 3.8) is 0 Å². The molecule has 4 amide bonds. The maximum atomic E-state index is 14.9. The van der Waals surface area contributed by atoms with Gasteiger partial charge < -0.3 is 0 Å². The molecule has 9 rings (SSSR count). The first kappa shape index (κ1) is 42.2. The highest BCUT2D eigenvalue weighted by Crippen LogP contribution is 2.47. The Morgan fingerprint density at radius 2 is 0.921 bits per heavy atom. The SMILES string of the molecule is CCCCN1C(=O)C(=C2/C(=C/C=C3C=C(c4ccccc4)SC(c4ccccc4)=C3)CC/C2=C\C=C2C=C(c3ccccc3)SC(c3ccccc3)=C2)C(=O)N(C2CCCC2)C1=O. The second-order valence-corrected chi connectivity index (χ2v) is 18.5. The predicted molar refractivity (Wildman–Crippen MR) is 263 cm³/mol. The van der Waals surface area contributed by atoms with Crippen LogP contribution in [-0.2, 0) is 9.59 Å². The van der Waals surface area contributed by atoms with E-state index in [2.05, 4.69) is 153 Å². The molecule has 2 saturated carbocycles. The van der Waals surface area contributed by atoms with Gasteiger partial charge in [-0.3, -0.25) is 19.4 Å². The molecular weight excluding hydrogens is 813 g/mol. The largest absolute Gasteiger partial charge is 0.334 e. The van der Waals surface area contributed by atoms with Crippen LogP contribution in [0.25, 0.3) is 19.6 Å². The summed E-state index contributed by atoms with van der Waals surface area (Å²) in [4.78, 5) is 51.2. The van der Waals surface area contributed by atoms with Crippen LogP contribution in [0.2, 0.25) is 0 Å². The number of hydrogen-bond acceptors (Lipinski definition) is 5. The smallest absolute Gasteiger partial charge is 0.268 e. The number of thioether (sulfide) groups is 2. The van der Waals surface area contributed by atoms with Gasteiger partial charge in [0.25, 0.3) is 11.8 Å². The maximum absolute atomic E-state index is 14.9. The van der Waals surface area contributed by atoms with E-state index in [4.69, 9.17) is 0 Å². The van der Waals surface area contributed by atoms with E-state index < -0.39 is 17.8 Å². The zero-order chi connectivity index (χ0) is 43.1. The molecule has 0 unspecified atom stereocenters. The summed E-state index contributed by atoms with van der Waals surface area (Å²) in [5.74, 6) is -0.947. The minimum absolute atomic E-state index is 0.116. The van der Waals surface area contributed by atoms with Crippen molar-refractivity contribution in [3.8, 4) is 0 Å². The van der Waals surface area contributed by atoms with Gasteiger partial charge in [0.15, 0.2) is 0 Å². The van der Waals surface area contributed by atoms with E-state index in [9.17, 15) is 14.4 Å². The lowest BCUT2D eigenvalue weighted by Crippen LogP contribution is -2.59. The van der Waals surface area contributed by atoms with Crippen molar-refractivity contribution in [1.82, 2.24) is 9.80 Å². The number of nitrogens with zero attached hydrogens (tertiary/aromatic N) is 2. The first-order chi connectivity index (χ1) is 30.9. The van der Waals surface area contributed by atoms with Gasteiger partial charge >= 0.3 is 6.03 Å². The standard InChI is InChI=1S/C56H50N2O3S2/c1-2-3-34-57-54(59)53(55(60)58(56(57)61)47-26-16-17-27-47)52-45(30-28-39-35-48(41-18-8-4-9-19-41)62-49(36-39)42-20-10-5-11-21-42)32-33-46(52)31-29-40-37-50(43-22-12-6-13-23-43)63-51(38-40)44-24-14-7-15-25-44/h4-15,18-25,28-31,35-38,47H,2-3,16-17,26-27,32-34H2,1H3/b45-30+,46-31+. The summed E-state index contributed by atoms with van der Waals surface area (Å²) < 4.78 is 0. The predicted octanol–water partition coefficient (Wildman–Crippen LogP) is 14.0. The second-order valence-electron chi connectivity index (χ2n) is 16.4. The number of imide groups is 2. The van der Waals surface area contributed by atoms with Gasteiger partial charge in [-0.25, -0.2) is 4.79 Å². The highest BCUT2D eigenvalue weighted by atomic mass is 32.2. The molecule has 0 atom stereocenters. The van der Waals surface area contributed by atoms with Crippen LogP contribution in [0.4, 0.5) is 4.79 Å². The molecule has 3 fully saturated rings. The van der Waals surface area contributed by atoms with Crippen LogP contribution < -0.4 is 0 Å². The van der Waals surface area contributed by atoms with E-state index >= 15 is 0 Å². The second kappa shape index (κ2) is 19.5. The van der Waals surface area contributed by atoms with E-state index in [1.54, 1.807) is 23.5 Å². The van der Waals surface area contributed by atoms with Crippen molar-refractivity contribution in [2.45, 2.75) is 64.3 Å². The summed E-state index contributed by atoms with van der Waals surface area (Å²) >= 11 is 3.51. The van der Waals surface area contributed by atoms with E-state index in [0.717, 1.165) is 96.3 Å². The molecule has 0 radical (unpaired) electrons. The van der Waals surface area contributed by atoms with Crippen LogP contribution in [0.5, 0.6) is 0 Å². The molecule has 63 heavy (non-hydrogen) atoms. The van der Waals surface area contributed by atoms with Gasteiger partial charge in [-0.2, -0.15) is 0 Å². The van der Waals surface area contributed by atoms with Gasteiger partial charge in [0.2, 0.25) is 0 Å². The molecule has 5 nitrogen and oxygen atoms in total. The summed E-state index contributed by atoms with van der Waals surface area (Å²) in [6, 6.07) is 41.0. The van der Waals surface area contributed by atoms with E-state index in [0.29, 0.717) is 24.8 Å². The number of carbonyl (C=O) groups is 3. The lowest BCUT2D eigenvalue weighted by Gasteiger charge is -2.38. The molecule has 2 aliphatic carbocycles. The van der Waals surface area contributed by atoms with Crippen molar-refractivity contribution >= 4 is 61.0 Å². The third-order valence-corrected chi connectivity index (χ3v) is 14.4. The first-order valence-corrected chi connectivity index (χ1v) is 23.8. The summed E-state index contributed by atoms with van der Waals surface area (Å²) in [5.41, 5.74) is 9.22. The number of urea groups is 1. The van der Waals surface area contributed by atoms with Crippen molar-refractivity contribution in [3.05, 3.63) is 226 Å². The molecule has 0 aromatic heterocycles. The zero-order valence-electron chi connectivity index (χ0n) is 35.5. The Morgan fingerprint density at radius 3 is 1.30 bits per heavy atom. The molecule has 0 spiro atoms. The van der Waals surface area contributed by atoms with Crippen molar-refractivity contribution in [2.24, 2.45) is 0 Å². The van der Waals surface area contributed by atoms with E-state index in [1.165, 1.54) is 9.80 Å². The number of amides is 4. The van der Waals surface area contributed by atoms with Gasteiger partial charge in [-0.1, -0.05) is 195 Å². The Balaban J connectivity index is 1.20. The Morgan fingerprint density at radius 1 is 0.524 bits per heavy atom. The molecule has 0 N–H and O–H groups in total. The summed E-state index contributed by atoms with van der Waals surface area (Å²) in [7, 11) is 0. The monoisotopic (exact) mass is 862 g/mol. The van der Waals surface area contributed by atoms with Gasteiger partial charge in [-0.05, 0) is 107 Å². The Kier molecular flexibility index (Phi) is 13.0. The van der Waals surface area contributed by atoms with Gasteiger partial charge in [0.1, 0.15) is 5.57 Å². The van der Waals surface area contributed by atoms with Crippen molar-refractivity contribution in [2.75, 3.05) is 6.54 Å². The molecule has 3 heterocycles. The molecule has 1 saturated heterocycles. The zero-order valence-corrected chi connectivity index (χ0v) is 37.2. The Labute approximate surface area is 379 Å². The highest BCUT2D eigenvalue weighted by molar-refractivity contribution is 8.17. The lowest BCUT2D eigenvalue weighted by molar-refractivity contribution is -0.137. The van der Waals surface area contributed by atoms with Crippen LogP contribution in [0.3, 0.4) is 0 Å². The number of allylic oxidation sites excluding steroid dienone is 13. The number of hydrogen-bond donors (Lipinski definition) is 0. The molecule has 4 aromatic rings. The number of benzene rings is 4. The fraction of sp³-hybridized carbons (Fsp3) is 0.196. The minimum Gasteiger partial charge on any atom is -0.268 e. The molecule has 0 bridgehead atoms. The van der Waals surface area contributed by atoms with Crippen LogP contribution in [-0.4, -0.2) is 40.2 Å². The fourth-order valence-electron chi connectivity index (χ4n) is 8.85. The normalized spacial score (nSPS) is 19.8. The minimum atomic E-state index is -0.486. The summed E-state index contributed by atoms with van der Waals surface area (Å²) in [5, 5.41) is 0. The van der Waals surface area contributed by atoms with Gasteiger partial charge in [-0.15, -0.1) is 0 Å². The summed E-state index contributed by atoms with van der Waals surface area (Å²) in [6.07, 6.45) is 23.5. The molecule has 5 aliphatic rings. The lowest BCUT2D eigenvalue weighted by atomic mass is 9.94. The molecule has 3 aliphatic heterocycles. The average Bonchev–Trinajstić information content (AvgIpc) is 4.02. The topological polar surface area (TPSA) is 57.7 Å². The number of barbiturate groups is 1. The highest BCUT2D eigenvalue weighted by Gasteiger charge is 2.47. The van der Waals surface area contributed by atoms with Gasteiger partial charge in [0, 0.05) is 32.2 Å². The molecule has 7 heteroatoms. The van der Waals surface area contributed by atoms with E-state index in [-0.39, 0.29) is 18.2 Å².